The lowest BCUT2D eigenvalue weighted by Crippen LogP contribution is -2.30. The Kier molecular flexibility index (Phi) is 8.22. The van der Waals surface area contributed by atoms with Crippen molar-refractivity contribution in [2.45, 2.75) is 33.6 Å². The van der Waals surface area contributed by atoms with Gasteiger partial charge in [0, 0.05) is 17.8 Å². The quantitative estimate of drug-likeness (QED) is 0.673. The van der Waals surface area contributed by atoms with Crippen LogP contribution in [-0.2, 0) is 4.79 Å². The van der Waals surface area contributed by atoms with Gasteiger partial charge in [-0.05, 0) is 61.9 Å². The van der Waals surface area contributed by atoms with E-state index in [9.17, 15) is 9.59 Å². The number of anilines is 1. The average Bonchev–Trinajstić information content (AvgIpc) is 3.31. The minimum absolute atomic E-state index is 0. The van der Waals surface area contributed by atoms with Gasteiger partial charge in [-0.25, -0.2) is 0 Å². The molecule has 0 unspecified atom stereocenters. The molecule has 2 amide bonds. The lowest BCUT2D eigenvalue weighted by atomic mass is 10.1. The summed E-state index contributed by atoms with van der Waals surface area (Å²) in [6, 6.07) is 5.34. The topological polar surface area (TPSA) is 70.2 Å². The third-order valence-electron chi connectivity index (χ3n) is 3.85. The molecule has 0 saturated heterocycles. The fraction of sp³-hybridized carbons (Fsp3) is 0.556. The van der Waals surface area contributed by atoms with Gasteiger partial charge in [0.25, 0.3) is 5.91 Å². The Morgan fingerprint density at radius 3 is 2.54 bits per heavy atom. The summed E-state index contributed by atoms with van der Waals surface area (Å²) in [7, 11) is 0. The molecule has 134 valence electrons. The first kappa shape index (κ1) is 20.5. The van der Waals surface area contributed by atoms with E-state index < -0.39 is 0 Å². The van der Waals surface area contributed by atoms with Gasteiger partial charge >= 0.3 is 0 Å². The number of aryl methyl sites for hydroxylation is 1. The number of amides is 2. The Morgan fingerprint density at radius 2 is 1.96 bits per heavy atom. The van der Waals surface area contributed by atoms with Crippen molar-refractivity contribution in [2.75, 3.05) is 25.0 Å². The highest BCUT2D eigenvalue weighted by Crippen LogP contribution is 2.27. The number of carbonyl (C=O) groups excluding carboxylic acids is 2. The van der Waals surface area contributed by atoms with E-state index in [0.717, 1.165) is 23.7 Å². The van der Waals surface area contributed by atoms with E-state index in [2.05, 4.69) is 29.8 Å². The molecule has 1 aliphatic carbocycles. The van der Waals surface area contributed by atoms with E-state index in [-0.39, 0.29) is 24.2 Å². The van der Waals surface area contributed by atoms with Crippen molar-refractivity contribution in [3.63, 3.8) is 0 Å². The molecule has 1 aromatic carbocycles. The molecule has 24 heavy (non-hydrogen) atoms. The maximum atomic E-state index is 12.0. The molecule has 0 radical (unpaired) electrons. The molecule has 3 N–H and O–H groups in total. The van der Waals surface area contributed by atoms with Gasteiger partial charge in [-0.2, -0.15) is 0 Å². The lowest BCUT2D eigenvalue weighted by Gasteiger charge is -2.12. The maximum Gasteiger partial charge on any atom is 0.251 e. The minimum Gasteiger partial charge on any atom is -0.352 e. The number of halogens is 1. The number of carbonyl (C=O) groups is 2. The molecule has 5 nitrogen and oxygen atoms in total. The summed E-state index contributed by atoms with van der Waals surface area (Å²) < 4.78 is 0. The molecule has 0 bridgehead atoms. The molecular formula is C18H28ClN3O2. The van der Waals surface area contributed by atoms with E-state index in [1.165, 1.54) is 12.8 Å². The molecule has 0 aliphatic heterocycles. The minimum atomic E-state index is -0.0780. The van der Waals surface area contributed by atoms with Crippen LogP contribution in [0.1, 0.15) is 42.6 Å². The van der Waals surface area contributed by atoms with E-state index in [1.807, 2.05) is 13.0 Å². The van der Waals surface area contributed by atoms with Crippen LogP contribution in [0.4, 0.5) is 5.69 Å². The molecule has 1 fully saturated rings. The van der Waals surface area contributed by atoms with Gasteiger partial charge < -0.3 is 16.0 Å². The number of nitrogens with one attached hydrogen (secondary N) is 3. The number of benzene rings is 1. The second kappa shape index (κ2) is 9.64. The standard InChI is InChI=1S/C18H27N3O2.ClH/c1-12(2)9-20-18(23)15-6-7-16(13(3)8-15)21-17(22)11-19-10-14-4-5-14;/h6-8,12,14,19H,4-5,9-11H2,1-3H3,(H,20,23)(H,21,22);1H. The summed E-state index contributed by atoms with van der Waals surface area (Å²) in [6.07, 6.45) is 2.54. The zero-order valence-corrected chi connectivity index (χ0v) is 15.5. The molecule has 1 aliphatic rings. The van der Waals surface area contributed by atoms with Crippen LogP contribution in [0.3, 0.4) is 0 Å². The molecular weight excluding hydrogens is 326 g/mol. The predicted octanol–water partition coefficient (Wildman–Crippen LogP) is 2.74. The third-order valence-corrected chi connectivity index (χ3v) is 3.85. The van der Waals surface area contributed by atoms with Crippen molar-refractivity contribution in [1.29, 1.82) is 0 Å². The van der Waals surface area contributed by atoms with E-state index in [4.69, 9.17) is 0 Å². The zero-order valence-electron chi connectivity index (χ0n) is 14.6. The van der Waals surface area contributed by atoms with E-state index >= 15 is 0 Å². The fourth-order valence-corrected chi connectivity index (χ4v) is 2.25. The molecule has 1 aromatic rings. The summed E-state index contributed by atoms with van der Waals surface area (Å²) >= 11 is 0. The molecule has 0 spiro atoms. The first-order chi connectivity index (χ1) is 11.0. The maximum absolute atomic E-state index is 12.0. The second-order valence-corrected chi connectivity index (χ2v) is 6.76. The predicted molar refractivity (Wildman–Crippen MR) is 99.8 cm³/mol. The first-order valence-corrected chi connectivity index (χ1v) is 8.35. The molecule has 0 heterocycles. The summed E-state index contributed by atoms with van der Waals surface area (Å²) in [4.78, 5) is 23.9. The Morgan fingerprint density at radius 1 is 1.25 bits per heavy atom. The third kappa shape index (κ3) is 6.89. The van der Waals surface area contributed by atoms with Crippen LogP contribution >= 0.6 is 12.4 Å². The number of hydrogen-bond donors (Lipinski definition) is 3. The van der Waals surface area contributed by atoms with Crippen LogP contribution in [0.5, 0.6) is 0 Å². The van der Waals surface area contributed by atoms with Crippen molar-refractivity contribution in [3.8, 4) is 0 Å². The van der Waals surface area contributed by atoms with Crippen molar-refractivity contribution < 1.29 is 9.59 Å². The molecule has 0 atom stereocenters. The van der Waals surface area contributed by atoms with Crippen LogP contribution in [0.15, 0.2) is 18.2 Å². The van der Waals surface area contributed by atoms with Crippen molar-refractivity contribution in [3.05, 3.63) is 29.3 Å². The van der Waals surface area contributed by atoms with Gasteiger partial charge in [0.15, 0.2) is 0 Å². The van der Waals surface area contributed by atoms with Gasteiger partial charge in [0.1, 0.15) is 0 Å². The van der Waals surface area contributed by atoms with Gasteiger partial charge in [0.2, 0.25) is 5.91 Å². The van der Waals surface area contributed by atoms with Crippen LogP contribution in [0.25, 0.3) is 0 Å². The zero-order chi connectivity index (χ0) is 16.8. The van der Waals surface area contributed by atoms with E-state index in [1.54, 1.807) is 12.1 Å². The van der Waals surface area contributed by atoms with Crippen LogP contribution in [-0.4, -0.2) is 31.4 Å². The van der Waals surface area contributed by atoms with Gasteiger partial charge in [-0.1, -0.05) is 13.8 Å². The van der Waals surface area contributed by atoms with Gasteiger partial charge in [0.05, 0.1) is 6.54 Å². The first-order valence-electron chi connectivity index (χ1n) is 8.35. The Hall–Kier alpha value is -1.59. The largest absolute Gasteiger partial charge is 0.352 e. The highest BCUT2D eigenvalue weighted by atomic mass is 35.5. The summed E-state index contributed by atoms with van der Waals surface area (Å²) in [5, 5.41) is 8.95. The summed E-state index contributed by atoms with van der Waals surface area (Å²) in [5.74, 6) is 1.05. The monoisotopic (exact) mass is 353 g/mol. The van der Waals surface area contributed by atoms with Crippen molar-refractivity contribution >= 4 is 29.9 Å². The van der Waals surface area contributed by atoms with Gasteiger partial charge in [-0.15, -0.1) is 12.4 Å². The van der Waals surface area contributed by atoms with Gasteiger partial charge in [-0.3, -0.25) is 9.59 Å². The molecule has 0 aromatic heterocycles. The SMILES string of the molecule is Cc1cc(C(=O)NCC(C)C)ccc1NC(=O)CNCC1CC1.Cl. The fourth-order valence-electron chi connectivity index (χ4n) is 2.25. The van der Waals surface area contributed by atoms with Crippen molar-refractivity contribution in [2.24, 2.45) is 11.8 Å². The van der Waals surface area contributed by atoms with Crippen molar-refractivity contribution in [1.82, 2.24) is 10.6 Å². The molecule has 2 rings (SSSR count). The molecule has 6 heteroatoms. The second-order valence-electron chi connectivity index (χ2n) is 6.76. The Balaban J connectivity index is 0.00000288. The van der Waals surface area contributed by atoms with Crippen LogP contribution < -0.4 is 16.0 Å². The summed E-state index contributed by atoms with van der Waals surface area (Å²) in [5.41, 5.74) is 2.26. The van der Waals surface area contributed by atoms with E-state index in [0.29, 0.717) is 24.6 Å². The lowest BCUT2D eigenvalue weighted by molar-refractivity contribution is -0.115. The smallest absolute Gasteiger partial charge is 0.251 e. The number of rotatable bonds is 8. The Labute approximate surface area is 150 Å². The average molecular weight is 354 g/mol. The highest BCUT2D eigenvalue weighted by molar-refractivity contribution is 5.97. The van der Waals surface area contributed by atoms with Crippen LogP contribution in [0.2, 0.25) is 0 Å². The van der Waals surface area contributed by atoms with Crippen LogP contribution in [0, 0.1) is 18.8 Å². The Bertz CT molecular complexity index is 571. The normalized spacial score (nSPS) is 13.3. The number of hydrogen-bond acceptors (Lipinski definition) is 3. The molecule has 1 saturated carbocycles. The summed E-state index contributed by atoms with van der Waals surface area (Å²) in [6.45, 7) is 7.91. The highest BCUT2D eigenvalue weighted by Gasteiger charge is 2.20.